The minimum absolute atomic E-state index is 0.0815. The lowest BCUT2D eigenvalue weighted by atomic mass is 10.1. The molecule has 178 valence electrons. The number of benzene rings is 1. The summed E-state index contributed by atoms with van der Waals surface area (Å²) in [7, 11) is 0. The number of carbonyl (C=O) groups excluding carboxylic acids is 1. The number of halogens is 4. The lowest BCUT2D eigenvalue weighted by molar-refractivity contribution is -0.137. The Bertz CT molecular complexity index is 1360. The van der Waals surface area contributed by atoms with Crippen molar-refractivity contribution in [3.63, 3.8) is 0 Å². The fourth-order valence-electron chi connectivity index (χ4n) is 3.43. The second-order valence-corrected chi connectivity index (χ2v) is 8.19. The number of nitrogens with zero attached hydrogens (tertiary/aromatic N) is 4. The van der Waals surface area contributed by atoms with Gasteiger partial charge in [0, 0.05) is 29.1 Å². The van der Waals surface area contributed by atoms with Gasteiger partial charge in [-0.2, -0.15) is 13.2 Å². The number of aliphatic imine (C=N–C) groups is 1. The van der Waals surface area contributed by atoms with Crippen LogP contribution in [-0.2, 0) is 6.18 Å². The van der Waals surface area contributed by atoms with Crippen LogP contribution >= 0.6 is 11.6 Å². The van der Waals surface area contributed by atoms with Crippen LogP contribution in [0.3, 0.4) is 0 Å². The van der Waals surface area contributed by atoms with Crippen LogP contribution in [-0.4, -0.2) is 26.6 Å². The van der Waals surface area contributed by atoms with Crippen molar-refractivity contribution >= 4 is 29.0 Å². The molecule has 3 aromatic rings. The molecule has 1 aliphatic rings. The number of aromatic nitrogens is 3. The van der Waals surface area contributed by atoms with Gasteiger partial charge in [0.15, 0.2) is 5.82 Å². The number of pyridine rings is 1. The molecule has 0 radical (unpaired) electrons. The fourth-order valence-corrected chi connectivity index (χ4v) is 3.65. The zero-order chi connectivity index (χ0) is 25.0. The van der Waals surface area contributed by atoms with E-state index in [4.69, 9.17) is 11.6 Å². The first-order valence-corrected chi connectivity index (χ1v) is 10.9. The molecule has 0 bridgehead atoms. The summed E-state index contributed by atoms with van der Waals surface area (Å²) >= 11 is 6.17. The third-order valence-corrected chi connectivity index (χ3v) is 5.46. The van der Waals surface area contributed by atoms with Crippen LogP contribution in [0.15, 0.2) is 83.4 Å². The SMILES string of the molecule is CC1=CC(=Nc2cc(-c3cccnc3Cl)ncn2)C=C(NC(=O)c2cccc(C(F)(F)F)c2)CC1. The Kier molecular flexibility index (Phi) is 7.07. The van der Waals surface area contributed by atoms with Gasteiger partial charge >= 0.3 is 6.18 Å². The Morgan fingerprint density at radius 3 is 2.66 bits per heavy atom. The lowest BCUT2D eigenvalue weighted by Gasteiger charge is -2.11. The highest BCUT2D eigenvalue weighted by atomic mass is 35.5. The van der Waals surface area contributed by atoms with E-state index in [1.54, 1.807) is 30.5 Å². The summed E-state index contributed by atoms with van der Waals surface area (Å²) < 4.78 is 39.1. The Balaban J connectivity index is 1.61. The van der Waals surface area contributed by atoms with Crippen molar-refractivity contribution in [2.75, 3.05) is 0 Å². The zero-order valence-electron chi connectivity index (χ0n) is 18.5. The zero-order valence-corrected chi connectivity index (χ0v) is 19.2. The first kappa shape index (κ1) is 24.3. The van der Waals surface area contributed by atoms with Gasteiger partial charge in [-0.1, -0.05) is 23.2 Å². The van der Waals surface area contributed by atoms with Crippen molar-refractivity contribution in [1.29, 1.82) is 0 Å². The number of carbonyl (C=O) groups is 1. The van der Waals surface area contributed by atoms with Crippen LogP contribution in [0.2, 0.25) is 5.15 Å². The molecule has 1 aliphatic carbocycles. The third-order valence-electron chi connectivity index (χ3n) is 5.16. The molecule has 2 aromatic heterocycles. The largest absolute Gasteiger partial charge is 0.416 e. The van der Waals surface area contributed by atoms with Crippen LogP contribution in [0.5, 0.6) is 0 Å². The van der Waals surface area contributed by atoms with E-state index in [2.05, 4.69) is 25.3 Å². The van der Waals surface area contributed by atoms with Gasteiger partial charge in [0.05, 0.1) is 17.0 Å². The van der Waals surface area contributed by atoms with E-state index in [1.807, 2.05) is 13.0 Å². The van der Waals surface area contributed by atoms with Crippen molar-refractivity contribution < 1.29 is 18.0 Å². The summed E-state index contributed by atoms with van der Waals surface area (Å²) in [6.07, 6.45) is 3.09. The number of amides is 1. The fraction of sp³-hybridized carbons (Fsp3) is 0.160. The van der Waals surface area contributed by atoms with Crippen molar-refractivity contribution in [3.05, 3.63) is 94.7 Å². The quantitative estimate of drug-likeness (QED) is 0.427. The molecule has 0 unspecified atom stereocenters. The summed E-state index contributed by atoms with van der Waals surface area (Å²) in [5.41, 5.74) is 2.30. The highest BCUT2D eigenvalue weighted by molar-refractivity contribution is 6.32. The minimum atomic E-state index is -4.53. The summed E-state index contributed by atoms with van der Waals surface area (Å²) in [6.45, 7) is 1.93. The number of hydrogen-bond donors (Lipinski definition) is 1. The van der Waals surface area contributed by atoms with Gasteiger partial charge in [-0.25, -0.2) is 19.9 Å². The lowest BCUT2D eigenvalue weighted by Crippen LogP contribution is -2.23. The van der Waals surface area contributed by atoms with Crippen LogP contribution in [0, 0.1) is 0 Å². The van der Waals surface area contributed by atoms with Gasteiger partial charge in [0.2, 0.25) is 0 Å². The van der Waals surface area contributed by atoms with Crippen molar-refractivity contribution in [2.24, 2.45) is 4.99 Å². The standard InChI is InChI=1S/C25H19ClF3N5O/c1-15-7-8-18(34-24(35)16-4-2-5-17(11-16)25(27,28)29)12-19(10-15)33-22-13-21(31-14-32-22)20-6-3-9-30-23(20)26/h2-6,9-14H,7-8H2,1H3,(H,34,35). The first-order valence-electron chi connectivity index (χ1n) is 10.6. The van der Waals surface area contributed by atoms with Crippen LogP contribution in [0.25, 0.3) is 11.3 Å². The average molecular weight is 498 g/mol. The summed E-state index contributed by atoms with van der Waals surface area (Å²) in [6, 6.07) is 9.50. The molecule has 4 rings (SSSR count). The van der Waals surface area contributed by atoms with Crippen molar-refractivity contribution in [1.82, 2.24) is 20.3 Å². The van der Waals surface area contributed by atoms with E-state index >= 15 is 0 Å². The van der Waals surface area contributed by atoms with Crippen molar-refractivity contribution in [3.8, 4) is 11.3 Å². The summed E-state index contributed by atoms with van der Waals surface area (Å²) in [5, 5.41) is 3.02. The van der Waals surface area contributed by atoms with E-state index in [1.165, 1.54) is 18.5 Å². The number of alkyl halides is 3. The molecule has 1 N–H and O–H groups in total. The summed E-state index contributed by atoms with van der Waals surface area (Å²) in [4.78, 5) is 29.7. The predicted molar refractivity (Wildman–Crippen MR) is 127 cm³/mol. The van der Waals surface area contributed by atoms with Gasteiger partial charge in [-0.3, -0.25) is 4.79 Å². The van der Waals surface area contributed by atoms with Gasteiger partial charge in [0.25, 0.3) is 5.91 Å². The molecule has 1 aromatic carbocycles. The molecule has 0 atom stereocenters. The molecule has 0 saturated heterocycles. The summed E-state index contributed by atoms with van der Waals surface area (Å²) in [5.74, 6) is -0.257. The second kappa shape index (κ2) is 10.2. The van der Waals surface area contributed by atoms with Gasteiger partial charge in [0.1, 0.15) is 11.5 Å². The van der Waals surface area contributed by atoms with E-state index in [9.17, 15) is 18.0 Å². The molecule has 10 heteroatoms. The molecular weight excluding hydrogens is 479 g/mol. The molecule has 0 fully saturated rings. The van der Waals surface area contributed by atoms with Gasteiger partial charge in [-0.05, 0) is 62.2 Å². The topological polar surface area (TPSA) is 80.1 Å². The molecule has 1 amide bonds. The van der Waals surface area contributed by atoms with Crippen LogP contribution < -0.4 is 5.32 Å². The molecule has 6 nitrogen and oxygen atoms in total. The van der Waals surface area contributed by atoms with Crippen molar-refractivity contribution in [2.45, 2.75) is 25.9 Å². The Morgan fingerprint density at radius 1 is 1.06 bits per heavy atom. The molecule has 0 spiro atoms. The maximum Gasteiger partial charge on any atom is 0.416 e. The predicted octanol–water partition coefficient (Wildman–Crippen LogP) is 6.34. The highest BCUT2D eigenvalue weighted by Crippen LogP contribution is 2.30. The second-order valence-electron chi connectivity index (χ2n) is 7.83. The average Bonchev–Trinajstić information content (AvgIpc) is 2.99. The maximum atomic E-state index is 13.0. The molecule has 0 saturated carbocycles. The number of hydrogen-bond acceptors (Lipinski definition) is 5. The monoisotopic (exact) mass is 497 g/mol. The van der Waals surface area contributed by atoms with E-state index in [-0.39, 0.29) is 5.56 Å². The van der Waals surface area contributed by atoms with Crippen LogP contribution in [0.4, 0.5) is 19.0 Å². The Morgan fingerprint density at radius 2 is 1.89 bits per heavy atom. The smallest absolute Gasteiger partial charge is 0.326 e. The Labute approximate surface area is 204 Å². The molecule has 2 heterocycles. The third kappa shape index (κ3) is 6.19. The normalized spacial score (nSPS) is 15.3. The number of rotatable bonds is 4. The number of nitrogens with one attached hydrogen (secondary N) is 1. The van der Waals surface area contributed by atoms with E-state index in [0.717, 1.165) is 17.7 Å². The number of allylic oxidation sites excluding steroid dienone is 4. The molecule has 35 heavy (non-hydrogen) atoms. The molecular formula is C25H19ClF3N5O. The van der Waals surface area contributed by atoms with E-state index < -0.39 is 17.6 Å². The van der Waals surface area contributed by atoms with Gasteiger partial charge < -0.3 is 5.32 Å². The van der Waals surface area contributed by atoms with Crippen LogP contribution in [0.1, 0.15) is 35.7 Å². The molecule has 0 aliphatic heterocycles. The Hall–Kier alpha value is -3.85. The van der Waals surface area contributed by atoms with Gasteiger partial charge in [-0.15, -0.1) is 0 Å². The minimum Gasteiger partial charge on any atom is -0.326 e. The highest BCUT2D eigenvalue weighted by Gasteiger charge is 2.31. The van der Waals surface area contributed by atoms with E-state index in [0.29, 0.717) is 46.5 Å². The first-order chi connectivity index (χ1) is 16.7. The maximum absolute atomic E-state index is 13.0.